The molecule has 0 aromatic heterocycles. The van der Waals surface area contributed by atoms with Crippen molar-refractivity contribution in [2.75, 3.05) is 0 Å². The maximum atomic E-state index is 5.97. The third kappa shape index (κ3) is 16.9. The Bertz CT molecular complexity index is 433. The predicted octanol–water partition coefficient (Wildman–Crippen LogP) is 7.33. The summed E-state index contributed by atoms with van der Waals surface area (Å²) >= 11 is 0. The summed E-state index contributed by atoms with van der Waals surface area (Å²) in [6.07, 6.45) is 0. The van der Waals surface area contributed by atoms with Crippen LogP contribution in [0.15, 0.2) is 48.8 Å². The van der Waals surface area contributed by atoms with Crippen molar-refractivity contribution in [2.45, 2.75) is 52.9 Å². The molecule has 1 rings (SSSR count). The summed E-state index contributed by atoms with van der Waals surface area (Å²) in [5.74, 6) is 0.653. The molecule has 0 N–H and O–H groups in total. The average Bonchev–Trinajstić information content (AvgIpc) is 2.39. The van der Waals surface area contributed by atoms with Gasteiger partial charge >= 0.3 is 19.5 Å². The van der Waals surface area contributed by atoms with Crippen LogP contribution in [0.2, 0.25) is 26.2 Å². The molecule has 25 heavy (non-hydrogen) atoms. The molecule has 0 spiro atoms. The van der Waals surface area contributed by atoms with Gasteiger partial charge in [-0.05, 0) is 44.6 Å². The summed E-state index contributed by atoms with van der Waals surface area (Å²) in [6, 6.07) is 8.71. The second kappa shape index (κ2) is 15.9. The first-order valence-corrected chi connectivity index (χ1v) is 13.5. The van der Waals surface area contributed by atoms with Crippen LogP contribution in [0.1, 0.15) is 30.9 Å². The third-order valence-corrected chi connectivity index (χ3v) is 9.43. The Morgan fingerprint density at radius 3 is 1.40 bits per heavy atom. The van der Waals surface area contributed by atoms with Crippen molar-refractivity contribution < 1.29 is 23.6 Å². The first kappa shape index (κ1) is 35.8. The minimum Gasteiger partial charge on any atom is -0.449 e. The van der Waals surface area contributed by atoms with E-state index in [1.165, 1.54) is 11.1 Å². The number of hydrogen-bond acceptors (Lipinski definition) is 1. The molecule has 147 valence electrons. The minimum absolute atomic E-state index is 0. The summed E-state index contributed by atoms with van der Waals surface area (Å²) in [6.45, 7) is 22.7. The van der Waals surface area contributed by atoms with Crippen LogP contribution in [0.5, 0.6) is 0 Å². The minimum atomic E-state index is -1.58. The molecule has 1 aromatic rings. The van der Waals surface area contributed by atoms with E-state index in [0.29, 0.717) is 5.92 Å². The van der Waals surface area contributed by atoms with Crippen LogP contribution in [-0.4, -0.2) is 16.6 Å². The number of hydrogen-bond donors (Lipinski definition) is 0. The standard InChI is InChI=1S/C10H14.C8H18OSi2.3CH3.Ru/c1-8(2)10-6-4-9(3)5-7-10;1-7-10(3,4)9-11(5,6)8-2;;;;/h4-8H,1-3H3;7-8H,1-2H2,3-6H3;3*1H3;/q;;3*-1;+3. The van der Waals surface area contributed by atoms with Crippen molar-refractivity contribution >= 4 is 16.6 Å². The van der Waals surface area contributed by atoms with Crippen LogP contribution in [-0.2, 0) is 23.6 Å². The zero-order chi connectivity index (χ0) is 16.7. The van der Waals surface area contributed by atoms with Crippen molar-refractivity contribution in [3.8, 4) is 0 Å². The molecule has 0 aliphatic heterocycles. The van der Waals surface area contributed by atoms with Gasteiger partial charge in [-0.1, -0.05) is 55.1 Å². The molecule has 0 bridgehead atoms. The molecule has 0 atom stereocenters. The molecule has 0 saturated heterocycles. The van der Waals surface area contributed by atoms with Gasteiger partial charge < -0.3 is 26.4 Å². The van der Waals surface area contributed by atoms with Crippen LogP contribution < -0.4 is 0 Å². The molecule has 0 fully saturated rings. The maximum Gasteiger partial charge on any atom is 3.00 e. The topological polar surface area (TPSA) is 9.23 Å². The van der Waals surface area contributed by atoms with Gasteiger partial charge in [-0.15, -0.1) is 13.2 Å². The third-order valence-electron chi connectivity index (χ3n) is 3.25. The zero-order valence-corrected chi connectivity index (χ0v) is 22.0. The fraction of sp³-hybridized carbons (Fsp3) is 0.381. The predicted molar refractivity (Wildman–Crippen MR) is 121 cm³/mol. The van der Waals surface area contributed by atoms with Gasteiger partial charge in [0.1, 0.15) is 0 Å². The Morgan fingerprint density at radius 1 is 0.840 bits per heavy atom. The van der Waals surface area contributed by atoms with Gasteiger partial charge in [-0.25, -0.2) is 0 Å². The van der Waals surface area contributed by atoms with Gasteiger partial charge in [-0.2, -0.15) is 0 Å². The van der Waals surface area contributed by atoms with Gasteiger partial charge in [0.2, 0.25) is 0 Å². The van der Waals surface area contributed by atoms with Crippen molar-refractivity contribution in [1.82, 2.24) is 0 Å². The van der Waals surface area contributed by atoms with Crippen LogP contribution in [0.4, 0.5) is 0 Å². The molecule has 1 radical (unpaired) electrons. The largest absolute Gasteiger partial charge is 3.00 e. The fourth-order valence-corrected chi connectivity index (χ4v) is 7.80. The Hall–Kier alpha value is -0.283. The van der Waals surface area contributed by atoms with Gasteiger partial charge in [0, 0.05) is 0 Å². The molecule has 1 nitrogen and oxygen atoms in total. The van der Waals surface area contributed by atoms with Crippen LogP contribution in [0.25, 0.3) is 0 Å². The normalized spacial score (nSPS) is 9.76. The van der Waals surface area contributed by atoms with Gasteiger partial charge in [0.15, 0.2) is 16.6 Å². The Morgan fingerprint density at radius 2 is 1.16 bits per heavy atom. The first-order valence-electron chi connectivity index (χ1n) is 7.57. The maximum absolute atomic E-state index is 5.97. The molecule has 0 unspecified atom stereocenters. The van der Waals surface area contributed by atoms with E-state index >= 15 is 0 Å². The van der Waals surface area contributed by atoms with Crippen LogP contribution in [0, 0.1) is 29.2 Å². The molecular weight excluding hydrogens is 425 g/mol. The summed E-state index contributed by atoms with van der Waals surface area (Å²) in [5.41, 5.74) is 6.69. The molecule has 0 amide bonds. The monoisotopic (exact) mass is 467 g/mol. The summed E-state index contributed by atoms with van der Waals surface area (Å²) in [4.78, 5) is 0. The van der Waals surface area contributed by atoms with Crippen LogP contribution >= 0.6 is 0 Å². The van der Waals surface area contributed by atoms with E-state index in [-0.39, 0.29) is 41.8 Å². The fourth-order valence-electron chi connectivity index (χ4n) is 1.71. The SMILES string of the molecule is C=C[Si](C)(C)O[Si](C)(C)C=C.Cc1ccc(C(C)C)cc1.[CH3-].[CH3-].[CH3-].[Ru+3]. The van der Waals surface area contributed by atoms with Crippen molar-refractivity contribution in [3.05, 3.63) is 82.2 Å². The van der Waals surface area contributed by atoms with E-state index in [9.17, 15) is 0 Å². The smallest absolute Gasteiger partial charge is 0.449 e. The van der Waals surface area contributed by atoms with E-state index in [0.717, 1.165) is 0 Å². The second-order valence-electron chi connectivity index (χ2n) is 6.78. The van der Waals surface area contributed by atoms with Crippen molar-refractivity contribution in [1.29, 1.82) is 0 Å². The molecule has 1 aromatic carbocycles. The van der Waals surface area contributed by atoms with Crippen molar-refractivity contribution in [2.24, 2.45) is 0 Å². The van der Waals surface area contributed by atoms with Crippen molar-refractivity contribution in [3.63, 3.8) is 0 Å². The van der Waals surface area contributed by atoms with E-state index in [1.54, 1.807) is 0 Å². The quantitative estimate of drug-likeness (QED) is 0.326. The summed E-state index contributed by atoms with van der Waals surface area (Å²) in [7, 11) is -3.16. The molecular formula is C21H41ORuSi2. The molecule has 0 saturated carbocycles. The molecule has 0 aliphatic carbocycles. The van der Waals surface area contributed by atoms with E-state index in [1.807, 2.05) is 11.4 Å². The number of rotatable bonds is 5. The molecule has 0 aliphatic rings. The summed E-state index contributed by atoms with van der Waals surface area (Å²) < 4.78 is 5.97. The number of aryl methyl sites for hydroxylation is 1. The van der Waals surface area contributed by atoms with E-state index in [4.69, 9.17) is 4.12 Å². The first-order chi connectivity index (χ1) is 9.53. The van der Waals surface area contributed by atoms with E-state index in [2.05, 4.69) is 84.4 Å². The zero-order valence-electron chi connectivity index (χ0n) is 18.2. The van der Waals surface area contributed by atoms with Crippen LogP contribution in [0.3, 0.4) is 0 Å². The van der Waals surface area contributed by atoms with Gasteiger partial charge in [-0.3, -0.25) is 0 Å². The Kier molecular flexibility index (Phi) is 22.8. The Labute approximate surface area is 175 Å². The molecule has 4 heteroatoms. The second-order valence-corrected chi connectivity index (χ2v) is 14.8. The van der Waals surface area contributed by atoms with Gasteiger partial charge in [0.05, 0.1) is 0 Å². The van der Waals surface area contributed by atoms with E-state index < -0.39 is 16.6 Å². The summed E-state index contributed by atoms with van der Waals surface area (Å²) in [5, 5.41) is 0. The molecule has 0 heterocycles. The Balaban J connectivity index is -0.0000000921. The number of benzene rings is 1. The average molecular weight is 467 g/mol. The van der Waals surface area contributed by atoms with Gasteiger partial charge in [0.25, 0.3) is 0 Å².